The van der Waals surface area contributed by atoms with Crippen molar-refractivity contribution in [1.29, 1.82) is 0 Å². The molecule has 0 aliphatic heterocycles. The Morgan fingerprint density at radius 1 is 1.29 bits per heavy atom. The Labute approximate surface area is 160 Å². The number of hydrogen-bond donors (Lipinski definition) is 2. The van der Waals surface area contributed by atoms with Gasteiger partial charge in [-0.2, -0.15) is 9.78 Å². The summed E-state index contributed by atoms with van der Waals surface area (Å²) in [6, 6.07) is 9.62. The van der Waals surface area contributed by atoms with Gasteiger partial charge < -0.3 is 5.73 Å². The number of anilines is 1. The molecule has 1 aromatic carbocycles. The quantitative estimate of drug-likeness (QED) is 0.387. The monoisotopic (exact) mass is 398 g/mol. The van der Waals surface area contributed by atoms with Crippen molar-refractivity contribution < 1.29 is 13.8 Å². The van der Waals surface area contributed by atoms with Gasteiger partial charge in [0, 0.05) is 5.56 Å². The second-order valence-corrected chi connectivity index (χ2v) is 6.32. The number of carbonyl (C=O) groups excluding carboxylic acids is 1. The molecule has 0 saturated carbocycles. The van der Waals surface area contributed by atoms with Gasteiger partial charge in [-0.3, -0.25) is 4.79 Å². The largest absolute Gasteiger partial charge is 0.378 e. The van der Waals surface area contributed by atoms with Gasteiger partial charge in [0.1, 0.15) is 11.5 Å². The zero-order valence-electron chi connectivity index (χ0n) is 14.0. The molecule has 0 spiro atoms. The fourth-order valence-corrected chi connectivity index (χ4v) is 3.10. The maximum Gasteiger partial charge on any atom is 0.294 e. The molecule has 0 fully saturated rings. The van der Waals surface area contributed by atoms with Gasteiger partial charge in [-0.05, 0) is 27.8 Å². The molecule has 10 nitrogen and oxygen atoms in total. The van der Waals surface area contributed by atoms with Crippen LogP contribution in [0, 0.1) is 5.82 Å². The first-order chi connectivity index (χ1) is 13.6. The van der Waals surface area contributed by atoms with E-state index in [1.165, 1.54) is 34.4 Å². The molecule has 28 heavy (non-hydrogen) atoms. The highest BCUT2D eigenvalue weighted by Gasteiger charge is 2.25. The van der Waals surface area contributed by atoms with Crippen molar-refractivity contribution in [2.75, 3.05) is 5.73 Å². The molecule has 0 aliphatic rings. The first-order valence-corrected chi connectivity index (χ1v) is 8.69. The van der Waals surface area contributed by atoms with Gasteiger partial charge in [0.15, 0.2) is 5.69 Å². The van der Waals surface area contributed by atoms with Gasteiger partial charge in [0.25, 0.3) is 5.91 Å². The van der Waals surface area contributed by atoms with Crippen molar-refractivity contribution in [3.05, 3.63) is 58.9 Å². The molecular weight excluding hydrogens is 387 g/mol. The molecule has 3 aromatic heterocycles. The van der Waals surface area contributed by atoms with Crippen LogP contribution in [0.25, 0.3) is 16.4 Å². The lowest BCUT2D eigenvalue weighted by molar-refractivity contribution is 0.0950. The number of thiophene rings is 1. The Hall–Kier alpha value is -3.93. The number of hydrazone groups is 1. The van der Waals surface area contributed by atoms with Crippen LogP contribution in [0.1, 0.15) is 16.1 Å². The molecule has 3 N–H and O–H groups in total. The molecule has 4 aromatic rings. The number of hydrogen-bond acceptors (Lipinski definition) is 9. The minimum atomic E-state index is -0.641. The van der Waals surface area contributed by atoms with Crippen LogP contribution in [0.3, 0.4) is 0 Å². The molecular formula is C16H11FN8O2S. The zero-order valence-corrected chi connectivity index (χ0v) is 14.8. The Kier molecular flexibility index (Phi) is 4.60. The van der Waals surface area contributed by atoms with Gasteiger partial charge in [-0.25, -0.2) is 14.4 Å². The molecule has 0 atom stereocenters. The van der Waals surface area contributed by atoms with Crippen LogP contribution in [-0.4, -0.2) is 37.4 Å². The maximum atomic E-state index is 13.6. The number of halogens is 1. The highest BCUT2D eigenvalue weighted by atomic mass is 32.1. The summed E-state index contributed by atoms with van der Waals surface area (Å²) in [5.74, 6) is -1.01. The second-order valence-electron chi connectivity index (χ2n) is 5.37. The topological polar surface area (TPSA) is 137 Å². The number of nitrogens with zero attached hydrogens (tertiary/aromatic N) is 6. The summed E-state index contributed by atoms with van der Waals surface area (Å²) < 4.78 is 19.5. The van der Waals surface area contributed by atoms with E-state index in [0.717, 1.165) is 0 Å². The molecule has 0 radical (unpaired) electrons. The van der Waals surface area contributed by atoms with Crippen LogP contribution in [-0.2, 0) is 0 Å². The third-order valence-corrected chi connectivity index (χ3v) is 4.49. The molecule has 4 rings (SSSR count). The predicted molar refractivity (Wildman–Crippen MR) is 98.4 cm³/mol. The third-order valence-electron chi connectivity index (χ3n) is 3.61. The number of amides is 1. The fraction of sp³-hybridized carbons (Fsp3) is 0. The number of nitrogens with two attached hydrogens (primary N) is 1. The number of benzene rings is 1. The van der Waals surface area contributed by atoms with Crippen molar-refractivity contribution in [2.24, 2.45) is 5.10 Å². The molecule has 1 amide bonds. The van der Waals surface area contributed by atoms with E-state index in [2.05, 4.69) is 35.8 Å². The van der Waals surface area contributed by atoms with Crippen molar-refractivity contribution in [3.8, 4) is 16.4 Å². The van der Waals surface area contributed by atoms with Crippen molar-refractivity contribution >= 4 is 29.3 Å². The lowest BCUT2D eigenvalue weighted by Crippen LogP contribution is -2.19. The summed E-state index contributed by atoms with van der Waals surface area (Å²) in [7, 11) is 0. The fourth-order valence-electron chi connectivity index (χ4n) is 2.35. The predicted octanol–water partition coefficient (Wildman–Crippen LogP) is 1.86. The van der Waals surface area contributed by atoms with E-state index in [0.29, 0.717) is 10.6 Å². The lowest BCUT2D eigenvalue weighted by atomic mass is 10.2. The van der Waals surface area contributed by atoms with Crippen molar-refractivity contribution in [3.63, 3.8) is 0 Å². The molecule has 0 saturated heterocycles. The van der Waals surface area contributed by atoms with E-state index < -0.39 is 11.7 Å². The number of nitrogens with one attached hydrogen (secondary N) is 1. The van der Waals surface area contributed by atoms with E-state index in [4.69, 9.17) is 5.73 Å². The van der Waals surface area contributed by atoms with Crippen LogP contribution >= 0.6 is 11.3 Å². The van der Waals surface area contributed by atoms with Crippen molar-refractivity contribution in [2.45, 2.75) is 0 Å². The van der Waals surface area contributed by atoms with Gasteiger partial charge >= 0.3 is 0 Å². The molecule has 12 heteroatoms. The lowest BCUT2D eigenvalue weighted by Gasteiger charge is -2.03. The molecule has 0 aliphatic carbocycles. The van der Waals surface area contributed by atoms with Gasteiger partial charge in [0.2, 0.25) is 11.6 Å². The van der Waals surface area contributed by atoms with E-state index >= 15 is 0 Å². The highest BCUT2D eigenvalue weighted by molar-refractivity contribution is 7.13. The van der Waals surface area contributed by atoms with E-state index in [1.54, 1.807) is 24.3 Å². The minimum absolute atomic E-state index is 0.00719. The SMILES string of the molecule is Nc1nonc1-n1nnc(C(=O)N/N=C\c2ccccc2F)c1-c1cccs1. The second kappa shape index (κ2) is 7.36. The average Bonchev–Trinajstić information content (AvgIpc) is 3.42. The van der Waals surface area contributed by atoms with E-state index in [-0.39, 0.29) is 22.9 Å². The molecule has 0 unspecified atom stereocenters. The molecule has 3 heterocycles. The van der Waals surface area contributed by atoms with E-state index in [9.17, 15) is 9.18 Å². The number of rotatable bonds is 5. The van der Waals surface area contributed by atoms with Gasteiger partial charge in [0.05, 0.1) is 11.1 Å². The van der Waals surface area contributed by atoms with Crippen LogP contribution in [0.5, 0.6) is 0 Å². The summed E-state index contributed by atoms with van der Waals surface area (Å²) in [6.45, 7) is 0. The van der Waals surface area contributed by atoms with E-state index in [1.807, 2.05) is 5.38 Å². The first-order valence-electron chi connectivity index (χ1n) is 7.81. The highest BCUT2D eigenvalue weighted by Crippen LogP contribution is 2.29. The summed E-state index contributed by atoms with van der Waals surface area (Å²) >= 11 is 1.36. The summed E-state index contributed by atoms with van der Waals surface area (Å²) in [6.07, 6.45) is 1.20. The first kappa shape index (κ1) is 17.5. The minimum Gasteiger partial charge on any atom is -0.378 e. The third kappa shape index (κ3) is 3.23. The molecule has 140 valence electrons. The Morgan fingerprint density at radius 3 is 2.86 bits per heavy atom. The van der Waals surface area contributed by atoms with Gasteiger partial charge in [-0.15, -0.1) is 16.4 Å². The van der Waals surface area contributed by atoms with Crippen LogP contribution in [0.15, 0.2) is 51.5 Å². The van der Waals surface area contributed by atoms with Gasteiger partial charge in [-0.1, -0.05) is 29.5 Å². The molecule has 0 bridgehead atoms. The summed E-state index contributed by atoms with van der Waals surface area (Å²) in [5, 5.41) is 20.7. The summed E-state index contributed by atoms with van der Waals surface area (Å²) in [4.78, 5) is 13.3. The smallest absolute Gasteiger partial charge is 0.294 e. The number of aromatic nitrogens is 5. The van der Waals surface area contributed by atoms with Crippen LogP contribution in [0.4, 0.5) is 10.2 Å². The normalized spacial score (nSPS) is 11.2. The Bertz CT molecular complexity index is 1150. The Morgan fingerprint density at radius 2 is 2.14 bits per heavy atom. The zero-order chi connectivity index (χ0) is 19.5. The Balaban J connectivity index is 1.66. The van der Waals surface area contributed by atoms with Crippen molar-refractivity contribution in [1.82, 2.24) is 30.7 Å². The number of nitrogen functional groups attached to an aromatic ring is 1. The maximum absolute atomic E-state index is 13.6. The average molecular weight is 398 g/mol. The standard InChI is InChI=1S/C16H11FN8O2S/c17-10-5-2-1-4-9(10)8-19-21-16(26)12-13(11-6-3-7-28-11)25(24-20-12)15-14(18)22-27-23-15/h1-8H,(H2,18,22)(H,21,26)/b19-8-. The van der Waals surface area contributed by atoms with Crippen LogP contribution in [0.2, 0.25) is 0 Å². The van der Waals surface area contributed by atoms with Crippen LogP contribution < -0.4 is 11.2 Å². The summed E-state index contributed by atoms with van der Waals surface area (Å²) in [5.41, 5.74) is 8.59. The number of carbonyl (C=O) groups is 1.